The number of tetrazole rings is 1. The van der Waals surface area contributed by atoms with E-state index in [0.717, 1.165) is 17.9 Å². The van der Waals surface area contributed by atoms with Crippen LogP contribution in [0.15, 0.2) is 24.3 Å². The van der Waals surface area contributed by atoms with Crippen LogP contribution in [0.2, 0.25) is 0 Å². The minimum absolute atomic E-state index is 0.214. The van der Waals surface area contributed by atoms with Gasteiger partial charge in [-0.2, -0.15) is 4.68 Å². The molecule has 1 atom stereocenters. The van der Waals surface area contributed by atoms with E-state index in [0.29, 0.717) is 6.04 Å². The molecule has 0 amide bonds. The molecule has 3 rings (SSSR count). The van der Waals surface area contributed by atoms with Crippen molar-refractivity contribution in [2.24, 2.45) is 0 Å². The van der Waals surface area contributed by atoms with Crippen LogP contribution in [-0.4, -0.2) is 26.2 Å². The van der Waals surface area contributed by atoms with Crippen LogP contribution >= 0.6 is 0 Å². The molecule has 0 saturated heterocycles. The molecule has 0 bridgehead atoms. The molecule has 1 saturated carbocycles. The Morgan fingerprint density at radius 3 is 2.65 bits per heavy atom. The Kier molecular flexibility index (Phi) is 4.76. The lowest BCUT2D eigenvalue weighted by molar-refractivity contribution is 0.245. The Morgan fingerprint density at radius 2 is 1.96 bits per heavy atom. The largest absolute Gasteiger partial charge is 0.302 e. The molecule has 2 aromatic rings. The fraction of sp³-hybridized carbons (Fsp3) is 0.611. The third-order valence-electron chi connectivity index (χ3n) is 5.14. The maximum absolute atomic E-state index is 4.38. The van der Waals surface area contributed by atoms with E-state index >= 15 is 0 Å². The highest BCUT2D eigenvalue weighted by atomic mass is 15.6. The molecule has 5 nitrogen and oxygen atoms in total. The molecule has 5 heteroatoms. The molecule has 1 N–H and O–H groups in total. The van der Waals surface area contributed by atoms with E-state index in [-0.39, 0.29) is 5.54 Å². The van der Waals surface area contributed by atoms with E-state index in [9.17, 15) is 0 Å². The van der Waals surface area contributed by atoms with E-state index in [1.165, 1.54) is 37.7 Å². The smallest absolute Gasteiger partial charge is 0.176 e. The highest BCUT2D eigenvalue weighted by molar-refractivity contribution is 5.40. The van der Waals surface area contributed by atoms with E-state index in [1.54, 1.807) is 0 Å². The Hall–Kier alpha value is -1.75. The molecule has 0 spiro atoms. The summed E-state index contributed by atoms with van der Waals surface area (Å²) < 4.78 is 1.90. The van der Waals surface area contributed by atoms with E-state index in [1.807, 2.05) is 16.8 Å². The molecule has 0 radical (unpaired) electrons. The first-order valence-electron chi connectivity index (χ1n) is 8.76. The lowest BCUT2D eigenvalue weighted by Crippen LogP contribution is -2.47. The van der Waals surface area contributed by atoms with Gasteiger partial charge >= 0.3 is 0 Å². The van der Waals surface area contributed by atoms with Gasteiger partial charge < -0.3 is 5.32 Å². The second kappa shape index (κ2) is 6.79. The molecule has 1 aliphatic rings. The van der Waals surface area contributed by atoms with Crippen molar-refractivity contribution in [1.29, 1.82) is 0 Å². The van der Waals surface area contributed by atoms with Crippen molar-refractivity contribution in [3.05, 3.63) is 35.7 Å². The van der Waals surface area contributed by atoms with Crippen LogP contribution in [-0.2, 0) is 5.54 Å². The van der Waals surface area contributed by atoms with Crippen molar-refractivity contribution in [1.82, 2.24) is 25.5 Å². The average molecular weight is 313 g/mol. The molecule has 0 aliphatic heterocycles. The topological polar surface area (TPSA) is 55.6 Å². The monoisotopic (exact) mass is 313 g/mol. The fourth-order valence-corrected chi connectivity index (χ4v) is 3.52. The summed E-state index contributed by atoms with van der Waals surface area (Å²) in [5, 5.41) is 16.5. The van der Waals surface area contributed by atoms with Crippen molar-refractivity contribution in [3.8, 4) is 5.69 Å². The standard InChI is InChI=1S/C18H27N5/c1-4-18(3,19-15-11-6-5-7-12-15)17-20-21-22-23(17)16-13-9-8-10-14(16)2/h8-10,13,15,19H,4-7,11-12H2,1-3H3/t18-/m0/s1. The lowest BCUT2D eigenvalue weighted by Gasteiger charge is -2.35. The molecule has 23 heavy (non-hydrogen) atoms. The van der Waals surface area contributed by atoms with E-state index in [2.05, 4.69) is 53.7 Å². The third kappa shape index (κ3) is 3.29. The van der Waals surface area contributed by atoms with Crippen LogP contribution in [0.3, 0.4) is 0 Å². The van der Waals surface area contributed by atoms with Crippen LogP contribution in [0.4, 0.5) is 0 Å². The Morgan fingerprint density at radius 1 is 1.22 bits per heavy atom. The molecule has 1 heterocycles. The molecular formula is C18H27N5. The number of aryl methyl sites for hydroxylation is 1. The molecular weight excluding hydrogens is 286 g/mol. The molecule has 1 aromatic carbocycles. The highest BCUT2D eigenvalue weighted by Gasteiger charge is 2.34. The Bertz CT molecular complexity index is 644. The second-order valence-corrected chi connectivity index (χ2v) is 6.87. The first kappa shape index (κ1) is 16.1. The van der Waals surface area contributed by atoms with Crippen molar-refractivity contribution >= 4 is 0 Å². The predicted octanol–water partition coefficient (Wildman–Crippen LogP) is 3.52. The number of benzene rings is 1. The van der Waals surface area contributed by atoms with Crippen LogP contribution in [0.5, 0.6) is 0 Å². The summed E-state index contributed by atoms with van der Waals surface area (Å²) in [5.74, 6) is 0.903. The number of hydrogen-bond acceptors (Lipinski definition) is 4. The lowest BCUT2D eigenvalue weighted by atomic mass is 9.90. The SMILES string of the molecule is CC[C@](C)(NC1CCCCC1)c1nnnn1-c1ccccc1C. The number of rotatable bonds is 5. The van der Waals surface area contributed by atoms with Crippen LogP contribution in [0.25, 0.3) is 5.69 Å². The summed E-state index contributed by atoms with van der Waals surface area (Å²) in [6.45, 7) is 6.52. The Labute approximate surface area is 138 Å². The molecule has 1 aromatic heterocycles. The van der Waals surface area contributed by atoms with Gasteiger partial charge in [0.25, 0.3) is 0 Å². The maximum atomic E-state index is 4.38. The van der Waals surface area contributed by atoms with Gasteiger partial charge in [0.15, 0.2) is 5.82 Å². The second-order valence-electron chi connectivity index (χ2n) is 6.87. The normalized spacial score (nSPS) is 18.7. The van der Waals surface area contributed by atoms with Gasteiger partial charge in [0.2, 0.25) is 0 Å². The van der Waals surface area contributed by atoms with Gasteiger partial charge in [0.05, 0.1) is 11.2 Å². The number of para-hydroxylation sites is 1. The van der Waals surface area contributed by atoms with Gasteiger partial charge in [-0.25, -0.2) is 0 Å². The third-order valence-corrected chi connectivity index (χ3v) is 5.14. The van der Waals surface area contributed by atoms with Gasteiger partial charge in [-0.1, -0.05) is 44.4 Å². The zero-order valence-corrected chi connectivity index (χ0v) is 14.4. The van der Waals surface area contributed by atoms with Crippen molar-refractivity contribution < 1.29 is 0 Å². The summed E-state index contributed by atoms with van der Waals surface area (Å²) in [5.41, 5.74) is 2.02. The van der Waals surface area contributed by atoms with Crippen LogP contribution < -0.4 is 5.32 Å². The number of nitrogens with zero attached hydrogens (tertiary/aromatic N) is 4. The van der Waals surface area contributed by atoms with Crippen molar-refractivity contribution in [2.75, 3.05) is 0 Å². The summed E-state index contributed by atoms with van der Waals surface area (Å²) in [6, 6.07) is 8.81. The quantitative estimate of drug-likeness (QED) is 0.917. The first-order valence-corrected chi connectivity index (χ1v) is 8.76. The molecule has 124 valence electrons. The van der Waals surface area contributed by atoms with E-state index in [4.69, 9.17) is 0 Å². The van der Waals surface area contributed by atoms with Gasteiger partial charge in [0, 0.05) is 6.04 Å². The molecule has 1 fully saturated rings. The van der Waals surface area contributed by atoms with Gasteiger partial charge in [-0.05, 0) is 55.2 Å². The van der Waals surface area contributed by atoms with Crippen molar-refractivity contribution in [3.63, 3.8) is 0 Å². The number of hydrogen-bond donors (Lipinski definition) is 1. The van der Waals surface area contributed by atoms with Gasteiger partial charge in [-0.15, -0.1) is 5.10 Å². The average Bonchev–Trinajstić information content (AvgIpc) is 3.06. The molecule has 0 unspecified atom stereocenters. The summed E-state index contributed by atoms with van der Waals surface area (Å²) in [4.78, 5) is 0. The number of nitrogens with one attached hydrogen (secondary N) is 1. The number of aromatic nitrogens is 4. The van der Waals surface area contributed by atoms with Crippen LogP contribution in [0.1, 0.15) is 63.8 Å². The maximum Gasteiger partial charge on any atom is 0.176 e. The van der Waals surface area contributed by atoms with Gasteiger partial charge in [0.1, 0.15) is 0 Å². The highest BCUT2D eigenvalue weighted by Crippen LogP contribution is 2.28. The summed E-state index contributed by atoms with van der Waals surface area (Å²) >= 11 is 0. The zero-order chi connectivity index (χ0) is 16.3. The minimum Gasteiger partial charge on any atom is -0.302 e. The predicted molar refractivity (Wildman–Crippen MR) is 91.5 cm³/mol. The summed E-state index contributed by atoms with van der Waals surface area (Å²) in [6.07, 6.45) is 7.46. The first-order chi connectivity index (χ1) is 11.1. The van der Waals surface area contributed by atoms with E-state index < -0.39 is 0 Å². The summed E-state index contributed by atoms with van der Waals surface area (Å²) in [7, 11) is 0. The minimum atomic E-state index is -0.214. The Balaban J connectivity index is 1.93. The van der Waals surface area contributed by atoms with Crippen molar-refractivity contribution in [2.45, 2.75) is 70.9 Å². The molecule has 1 aliphatic carbocycles. The zero-order valence-electron chi connectivity index (χ0n) is 14.4. The fourth-order valence-electron chi connectivity index (χ4n) is 3.52. The van der Waals surface area contributed by atoms with Gasteiger partial charge in [-0.3, -0.25) is 0 Å². The van der Waals surface area contributed by atoms with Crippen LogP contribution in [0, 0.1) is 6.92 Å².